The first-order valence-electron chi connectivity index (χ1n) is 7.40. The molecule has 0 bridgehead atoms. The highest BCUT2D eigenvalue weighted by molar-refractivity contribution is 7.99. The van der Waals surface area contributed by atoms with Gasteiger partial charge in [0.05, 0.1) is 6.10 Å². The minimum atomic E-state index is -0.425. The molecule has 112 valence electrons. The molecule has 0 heterocycles. The SMILES string of the molecule is CCNC(C)c1cccc(SCC(O)c2ccccc2)c1. The van der Waals surface area contributed by atoms with Crippen LogP contribution >= 0.6 is 11.8 Å². The van der Waals surface area contributed by atoms with Crippen LogP contribution in [0.1, 0.15) is 37.1 Å². The van der Waals surface area contributed by atoms with Crippen LogP contribution in [-0.4, -0.2) is 17.4 Å². The molecule has 2 unspecified atom stereocenters. The molecule has 2 N–H and O–H groups in total. The molecule has 0 saturated heterocycles. The highest BCUT2D eigenvalue weighted by Gasteiger charge is 2.09. The summed E-state index contributed by atoms with van der Waals surface area (Å²) >= 11 is 1.70. The van der Waals surface area contributed by atoms with E-state index in [0.717, 1.165) is 12.1 Å². The van der Waals surface area contributed by atoms with Crippen LogP contribution in [0.3, 0.4) is 0 Å². The summed E-state index contributed by atoms with van der Waals surface area (Å²) in [6, 6.07) is 18.7. The molecule has 2 aromatic carbocycles. The predicted molar refractivity (Wildman–Crippen MR) is 90.7 cm³/mol. The highest BCUT2D eigenvalue weighted by atomic mass is 32.2. The van der Waals surface area contributed by atoms with E-state index < -0.39 is 6.10 Å². The second-order valence-corrected chi connectivity index (χ2v) is 6.18. The maximum Gasteiger partial charge on any atom is 0.0883 e. The number of thioether (sulfide) groups is 1. The first-order valence-corrected chi connectivity index (χ1v) is 8.38. The number of aliphatic hydroxyl groups is 1. The summed E-state index contributed by atoms with van der Waals surface area (Å²) in [5, 5.41) is 13.6. The third kappa shape index (κ3) is 4.88. The third-order valence-electron chi connectivity index (χ3n) is 3.46. The van der Waals surface area contributed by atoms with Gasteiger partial charge in [0.2, 0.25) is 0 Å². The van der Waals surface area contributed by atoms with Gasteiger partial charge >= 0.3 is 0 Å². The molecule has 0 saturated carbocycles. The van der Waals surface area contributed by atoms with Gasteiger partial charge in [-0.3, -0.25) is 0 Å². The van der Waals surface area contributed by atoms with E-state index in [-0.39, 0.29) is 0 Å². The van der Waals surface area contributed by atoms with Gasteiger partial charge in [0.15, 0.2) is 0 Å². The second kappa shape index (κ2) is 8.23. The van der Waals surface area contributed by atoms with E-state index in [9.17, 15) is 5.11 Å². The fourth-order valence-electron chi connectivity index (χ4n) is 2.24. The number of nitrogens with one attached hydrogen (secondary N) is 1. The molecular formula is C18H23NOS. The third-order valence-corrected chi connectivity index (χ3v) is 4.53. The van der Waals surface area contributed by atoms with Crippen molar-refractivity contribution >= 4 is 11.8 Å². The molecule has 0 aliphatic carbocycles. The fourth-order valence-corrected chi connectivity index (χ4v) is 3.18. The van der Waals surface area contributed by atoms with Crippen molar-refractivity contribution in [1.82, 2.24) is 5.32 Å². The zero-order chi connectivity index (χ0) is 15.1. The molecule has 2 rings (SSSR count). The van der Waals surface area contributed by atoms with Crippen molar-refractivity contribution in [3.05, 3.63) is 65.7 Å². The Morgan fingerprint density at radius 3 is 2.48 bits per heavy atom. The Kier molecular flexibility index (Phi) is 6.30. The van der Waals surface area contributed by atoms with Crippen molar-refractivity contribution in [2.24, 2.45) is 0 Å². The van der Waals surface area contributed by atoms with Gasteiger partial charge < -0.3 is 10.4 Å². The zero-order valence-corrected chi connectivity index (χ0v) is 13.4. The van der Waals surface area contributed by atoms with E-state index in [1.54, 1.807) is 11.8 Å². The van der Waals surface area contributed by atoms with Crippen molar-refractivity contribution in [1.29, 1.82) is 0 Å². The zero-order valence-electron chi connectivity index (χ0n) is 12.6. The molecule has 2 nitrogen and oxygen atoms in total. The van der Waals surface area contributed by atoms with E-state index in [1.165, 1.54) is 10.5 Å². The Bertz CT molecular complexity index is 544. The minimum Gasteiger partial charge on any atom is -0.388 e. The van der Waals surface area contributed by atoms with Gasteiger partial charge in [0.25, 0.3) is 0 Å². The van der Waals surface area contributed by atoms with Crippen LogP contribution in [-0.2, 0) is 0 Å². The summed E-state index contributed by atoms with van der Waals surface area (Å²) in [6.07, 6.45) is -0.425. The molecule has 2 atom stereocenters. The number of hydrogen-bond acceptors (Lipinski definition) is 3. The Hall–Kier alpha value is -1.29. The average Bonchev–Trinajstić information content (AvgIpc) is 2.54. The van der Waals surface area contributed by atoms with Gasteiger partial charge in [-0.2, -0.15) is 0 Å². The molecule has 3 heteroatoms. The van der Waals surface area contributed by atoms with E-state index in [0.29, 0.717) is 11.8 Å². The normalized spacial score (nSPS) is 13.9. The Labute approximate surface area is 131 Å². The smallest absolute Gasteiger partial charge is 0.0883 e. The van der Waals surface area contributed by atoms with Gasteiger partial charge in [-0.05, 0) is 36.7 Å². The van der Waals surface area contributed by atoms with Crippen molar-refractivity contribution in [3.63, 3.8) is 0 Å². The van der Waals surface area contributed by atoms with Crippen LogP contribution in [0, 0.1) is 0 Å². The van der Waals surface area contributed by atoms with Crippen molar-refractivity contribution in [2.45, 2.75) is 30.9 Å². The van der Waals surface area contributed by atoms with Crippen LogP contribution in [0.5, 0.6) is 0 Å². The highest BCUT2D eigenvalue weighted by Crippen LogP contribution is 2.26. The Morgan fingerprint density at radius 2 is 1.76 bits per heavy atom. The molecule has 0 spiro atoms. The van der Waals surface area contributed by atoms with Gasteiger partial charge in [-0.15, -0.1) is 11.8 Å². The van der Waals surface area contributed by atoms with Gasteiger partial charge in [0.1, 0.15) is 0 Å². The summed E-state index contributed by atoms with van der Waals surface area (Å²) in [7, 11) is 0. The van der Waals surface area contributed by atoms with Gasteiger partial charge in [-0.1, -0.05) is 49.4 Å². The fraction of sp³-hybridized carbons (Fsp3) is 0.333. The number of hydrogen-bond donors (Lipinski definition) is 2. The van der Waals surface area contributed by atoms with Gasteiger partial charge in [-0.25, -0.2) is 0 Å². The van der Waals surface area contributed by atoms with Gasteiger partial charge in [0, 0.05) is 16.7 Å². The second-order valence-electron chi connectivity index (χ2n) is 5.09. The molecule has 21 heavy (non-hydrogen) atoms. The summed E-state index contributed by atoms with van der Waals surface area (Å²) < 4.78 is 0. The van der Waals surface area contributed by atoms with Crippen molar-refractivity contribution in [3.8, 4) is 0 Å². The number of rotatable bonds is 7. The lowest BCUT2D eigenvalue weighted by molar-refractivity contribution is 0.204. The Balaban J connectivity index is 1.95. The van der Waals surface area contributed by atoms with Crippen LogP contribution in [0.4, 0.5) is 0 Å². The van der Waals surface area contributed by atoms with Crippen LogP contribution in [0.25, 0.3) is 0 Å². The summed E-state index contributed by atoms with van der Waals surface area (Å²) in [5.41, 5.74) is 2.26. The van der Waals surface area contributed by atoms with Crippen LogP contribution < -0.4 is 5.32 Å². The lowest BCUT2D eigenvalue weighted by Gasteiger charge is -2.14. The molecule has 2 aromatic rings. The van der Waals surface area contributed by atoms with Crippen LogP contribution in [0.2, 0.25) is 0 Å². The lowest BCUT2D eigenvalue weighted by atomic mass is 10.1. The van der Waals surface area contributed by atoms with E-state index >= 15 is 0 Å². The van der Waals surface area contributed by atoms with Crippen molar-refractivity contribution < 1.29 is 5.11 Å². The first kappa shape index (κ1) is 16.1. The van der Waals surface area contributed by atoms with E-state index in [4.69, 9.17) is 0 Å². The predicted octanol–water partition coefficient (Wildman–Crippen LogP) is 4.18. The molecular weight excluding hydrogens is 278 g/mol. The summed E-state index contributed by atoms with van der Waals surface area (Å²) in [4.78, 5) is 1.20. The number of aliphatic hydroxyl groups excluding tert-OH is 1. The summed E-state index contributed by atoms with van der Waals surface area (Å²) in [6.45, 7) is 5.25. The molecule has 0 aliphatic heterocycles. The lowest BCUT2D eigenvalue weighted by Crippen LogP contribution is -2.17. The van der Waals surface area contributed by atoms with Crippen molar-refractivity contribution in [2.75, 3.05) is 12.3 Å². The molecule has 0 fully saturated rings. The molecule has 0 radical (unpaired) electrons. The Morgan fingerprint density at radius 1 is 1.05 bits per heavy atom. The van der Waals surface area contributed by atoms with E-state index in [2.05, 4.69) is 43.4 Å². The maximum absolute atomic E-state index is 10.2. The maximum atomic E-state index is 10.2. The van der Waals surface area contributed by atoms with E-state index in [1.807, 2.05) is 30.3 Å². The average molecular weight is 301 g/mol. The standard InChI is InChI=1S/C18H23NOS/c1-3-19-14(2)16-10-7-11-17(12-16)21-13-18(20)15-8-5-4-6-9-15/h4-12,14,18-20H,3,13H2,1-2H3. The molecule has 0 aliphatic rings. The quantitative estimate of drug-likeness (QED) is 0.752. The first-order chi connectivity index (χ1) is 10.2. The number of benzene rings is 2. The largest absolute Gasteiger partial charge is 0.388 e. The molecule has 0 amide bonds. The topological polar surface area (TPSA) is 32.3 Å². The summed E-state index contributed by atoms with van der Waals surface area (Å²) in [5.74, 6) is 0.670. The minimum absolute atomic E-state index is 0.356. The molecule has 0 aromatic heterocycles. The monoisotopic (exact) mass is 301 g/mol. The van der Waals surface area contributed by atoms with Crippen LogP contribution in [0.15, 0.2) is 59.5 Å².